The molecule has 122 valence electrons. The molecule has 6 nitrogen and oxygen atoms in total. The molecule has 2 aromatic rings. The summed E-state index contributed by atoms with van der Waals surface area (Å²) >= 11 is 2.12. The van der Waals surface area contributed by atoms with Crippen LogP contribution in [0.4, 0.5) is 0 Å². The summed E-state index contributed by atoms with van der Waals surface area (Å²) in [5.74, 6) is 0. The SMILES string of the molecule is Cc1c(P(C)(C)=O)cnn1CCP(C)(=O)c1cn(C)nc1I. The first kappa shape index (κ1) is 18.0. The number of rotatable bonds is 5. The molecule has 0 spiro atoms. The summed E-state index contributed by atoms with van der Waals surface area (Å²) in [5.41, 5.74) is 0.897. The van der Waals surface area contributed by atoms with Gasteiger partial charge in [-0.25, -0.2) is 0 Å². The summed E-state index contributed by atoms with van der Waals surface area (Å²) in [4.78, 5) is 0. The van der Waals surface area contributed by atoms with E-state index in [0.717, 1.165) is 20.0 Å². The average Bonchev–Trinajstić information content (AvgIpc) is 2.89. The molecular weight excluding hydrogens is 433 g/mol. The smallest absolute Gasteiger partial charge is 0.134 e. The van der Waals surface area contributed by atoms with Gasteiger partial charge in [-0.3, -0.25) is 9.36 Å². The van der Waals surface area contributed by atoms with E-state index in [1.165, 1.54) is 0 Å². The number of hydrogen-bond donors (Lipinski definition) is 0. The molecule has 2 rings (SSSR count). The van der Waals surface area contributed by atoms with Crippen LogP contribution in [0.3, 0.4) is 0 Å². The summed E-state index contributed by atoms with van der Waals surface area (Å²) < 4.78 is 29.5. The second-order valence-corrected chi connectivity index (χ2v) is 13.3. The third-order valence-corrected chi connectivity index (χ3v) is 8.89. The van der Waals surface area contributed by atoms with Crippen molar-refractivity contribution in [2.24, 2.45) is 7.05 Å². The molecule has 9 heteroatoms. The summed E-state index contributed by atoms with van der Waals surface area (Å²) in [7, 11) is -3.00. The van der Waals surface area contributed by atoms with Crippen molar-refractivity contribution in [3.8, 4) is 0 Å². The topological polar surface area (TPSA) is 69.8 Å². The van der Waals surface area contributed by atoms with Crippen LogP contribution in [-0.2, 0) is 22.7 Å². The van der Waals surface area contributed by atoms with Crippen molar-refractivity contribution in [1.82, 2.24) is 19.6 Å². The normalized spacial score (nSPS) is 15.0. The molecule has 0 fully saturated rings. The fourth-order valence-electron chi connectivity index (χ4n) is 2.36. The van der Waals surface area contributed by atoms with Gasteiger partial charge in [0.2, 0.25) is 0 Å². The predicted molar refractivity (Wildman–Crippen MR) is 100 cm³/mol. The van der Waals surface area contributed by atoms with Gasteiger partial charge in [0.25, 0.3) is 0 Å². The van der Waals surface area contributed by atoms with Crippen molar-refractivity contribution in [3.63, 3.8) is 0 Å². The molecule has 0 aromatic carbocycles. The van der Waals surface area contributed by atoms with E-state index in [2.05, 4.69) is 32.8 Å². The summed E-state index contributed by atoms with van der Waals surface area (Å²) in [6.45, 7) is 7.73. The number of hydrogen-bond acceptors (Lipinski definition) is 4. The van der Waals surface area contributed by atoms with Gasteiger partial charge in [0.05, 0.1) is 16.8 Å². The number of aryl methyl sites for hydroxylation is 2. The quantitative estimate of drug-likeness (QED) is 0.513. The monoisotopic (exact) mass is 454 g/mol. The molecule has 0 saturated carbocycles. The minimum Gasteiger partial charge on any atom is -0.319 e. The van der Waals surface area contributed by atoms with Crippen LogP contribution < -0.4 is 10.6 Å². The third-order valence-electron chi connectivity index (χ3n) is 3.67. The van der Waals surface area contributed by atoms with Crippen molar-refractivity contribution < 1.29 is 9.13 Å². The first-order chi connectivity index (χ1) is 10.0. The lowest BCUT2D eigenvalue weighted by Gasteiger charge is -2.13. The van der Waals surface area contributed by atoms with E-state index in [-0.39, 0.29) is 0 Å². The number of nitrogens with zero attached hydrogens (tertiary/aromatic N) is 4. The highest BCUT2D eigenvalue weighted by atomic mass is 127. The zero-order valence-electron chi connectivity index (χ0n) is 13.4. The fourth-order valence-corrected chi connectivity index (χ4v) is 7.26. The molecule has 0 aliphatic heterocycles. The lowest BCUT2D eigenvalue weighted by molar-refractivity contribution is 0.573. The Hall–Kier alpha value is -0.390. The Morgan fingerprint density at radius 1 is 1.23 bits per heavy atom. The minimum atomic E-state index is -2.50. The van der Waals surface area contributed by atoms with Crippen molar-refractivity contribution in [2.75, 3.05) is 26.2 Å². The van der Waals surface area contributed by atoms with Gasteiger partial charge in [-0.2, -0.15) is 10.2 Å². The van der Waals surface area contributed by atoms with Gasteiger partial charge < -0.3 is 9.13 Å². The summed E-state index contributed by atoms with van der Waals surface area (Å²) in [6.07, 6.45) is 4.01. The van der Waals surface area contributed by atoms with Gasteiger partial charge in [-0.1, -0.05) is 0 Å². The predicted octanol–water partition coefficient (Wildman–Crippen LogP) is 2.10. The second-order valence-electron chi connectivity index (χ2n) is 5.99. The van der Waals surface area contributed by atoms with Gasteiger partial charge >= 0.3 is 0 Å². The lowest BCUT2D eigenvalue weighted by atomic mass is 10.5. The maximum Gasteiger partial charge on any atom is 0.134 e. The Morgan fingerprint density at radius 2 is 1.86 bits per heavy atom. The molecule has 2 heterocycles. The van der Waals surface area contributed by atoms with Gasteiger partial charge in [-0.15, -0.1) is 0 Å². The molecule has 0 aliphatic rings. The maximum atomic E-state index is 13.0. The zero-order valence-corrected chi connectivity index (χ0v) is 17.4. The van der Waals surface area contributed by atoms with E-state index in [1.54, 1.807) is 35.6 Å². The van der Waals surface area contributed by atoms with Gasteiger partial charge in [0.15, 0.2) is 0 Å². The molecule has 0 N–H and O–H groups in total. The van der Waals surface area contributed by atoms with Crippen molar-refractivity contribution in [3.05, 3.63) is 21.8 Å². The molecule has 2 aromatic heterocycles. The van der Waals surface area contributed by atoms with Gasteiger partial charge in [0, 0.05) is 31.6 Å². The van der Waals surface area contributed by atoms with E-state index in [9.17, 15) is 9.13 Å². The van der Waals surface area contributed by atoms with Crippen LogP contribution in [0.1, 0.15) is 5.69 Å². The van der Waals surface area contributed by atoms with E-state index in [4.69, 9.17) is 0 Å². The van der Waals surface area contributed by atoms with Crippen LogP contribution in [0, 0.1) is 10.6 Å². The van der Waals surface area contributed by atoms with E-state index in [0.29, 0.717) is 12.7 Å². The average molecular weight is 454 g/mol. The highest BCUT2D eigenvalue weighted by Gasteiger charge is 2.25. The number of halogens is 1. The van der Waals surface area contributed by atoms with Crippen LogP contribution >= 0.6 is 36.9 Å². The Kier molecular flexibility index (Phi) is 5.10. The fraction of sp³-hybridized carbons (Fsp3) is 0.538. The largest absolute Gasteiger partial charge is 0.319 e. The van der Waals surface area contributed by atoms with E-state index < -0.39 is 14.3 Å². The van der Waals surface area contributed by atoms with Crippen molar-refractivity contribution in [2.45, 2.75) is 13.5 Å². The molecule has 0 aliphatic carbocycles. The third kappa shape index (κ3) is 3.74. The Balaban J connectivity index is 2.20. The molecule has 1 unspecified atom stereocenters. The molecule has 0 radical (unpaired) electrons. The van der Waals surface area contributed by atoms with Crippen molar-refractivity contribution in [1.29, 1.82) is 0 Å². The molecule has 0 amide bonds. The van der Waals surface area contributed by atoms with Crippen molar-refractivity contribution >= 4 is 47.5 Å². The van der Waals surface area contributed by atoms with Crippen LogP contribution in [-0.4, -0.2) is 45.7 Å². The Morgan fingerprint density at radius 3 is 2.32 bits per heavy atom. The summed E-state index contributed by atoms with van der Waals surface area (Å²) in [5, 5.41) is 10.2. The molecule has 0 bridgehead atoms. The second kappa shape index (κ2) is 6.25. The molecule has 1 atom stereocenters. The first-order valence-corrected chi connectivity index (χ1v) is 12.9. The van der Waals surface area contributed by atoms with Crippen LogP contribution in [0.2, 0.25) is 0 Å². The Bertz CT molecular complexity index is 790. The number of aromatic nitrogens is 4. The van der Waals surface area contributed by atoms with E-state index in [1.807, 2.05) is 20.2 Å². The standard InChI is InChI=1S/C13H21IN4O2P2/c1-10-11(21(3,4)19)8-15-18(10)6-7-22(5,20)12-9-17(2)16-13(12)14/h8-9H,6-7H2,1-5H3. The minimum absolute atomic E-state index is 0.508. The zero-order chi connectivity index (χ0) is 16.7. The maximum absolute atomic E-state index is 13.0. The molecule has 22 heavy (non-hydrogen) atoms. The first-order valence-electron chi connectivity index (χ1n) is 6.86. The van der Waals surface area contributed by atoms with Gasteiger partial charge in [-0.05, 0) is 49.5 Å². The van der Waals surface area contributed by atoms with E-state index >= 15 is 0 Å². The Labute approximate surface area is 144 Å². The molecular formula is C13H21IN4O2P2. The van der Waals surface area contributed by atoms with Crippen LogP contribution in [0.5, 0.6) is 0 Å². The highest BCUT2D eigenvalue weighted by Crippen LogP contribution is 2.41. The van der Waals surface area contributed by atoms with Crippen LogP contribution in [0.15, 0.2) is 12.4 Å². The van der Waals surface area contributed by atoms with Gasteiger partial charge in [0.1, 0.15) is 18.0 Å². The summed E-state index contributed by atoms with van der Waals surface area (Å²) in [6, 6.07) is 0. The molecule has 0 saturated heterocycles. The lowest BCUT2D eigenvalue weighted by Crippen LogP contribution is -2.15. The highest BCUT2D eigenvalue weighted by molar-refractivity contribution is 14.1. The van der Waals surface area contributed by atoms with Crippen LogP contribution in [0.25, 0.3) is 0 Å².